The van der Waals surface area contributed by atoms with Crippen molar-refractivity contribution in [2.75, 3.05) is 11.4 Å². The SMILES string of the molecule is CCN1/C(=C\C=C\c2cc3ccccc3[n+](CC)c2)Sc2ccccc21. The molecule has 0 N–H and O–H groups in total. The molecule has 0 unspecified atom stereocenters. The van der Waals surface area contributed by atoms with Crippen molar-refractivity contribution < 1.29 is 4.57 Å². The molecule has 2 aromatic carbocycles. The zero-order valence-corrected chi connectivity index (χ0v) is 16.0. The Bertz CT molecular complexity index is 1000. The number of allylic oxidation sites excluding steroid dienone is 2. The second-order valence-electron chi connectivity index (χ2n) is 6.30. The third-order valence-electron chi connectivity index (χ3n) is 4.69. The summed E-state index contributed by atoms with van der Waals surface area (Å²) in [5.41, 5.74) is 3.82. The van der Waals surface area contributed by atoms with Gasteiger partial charge in [-0.2, -0.15) is 4.57 Å². The zero-order chi connectivity index (χ0) is 17.9. The van der Waals surface area contributed by atoms with E-state index in [0.717, 1.165) is 13.1 Å². The monoisotopic (exact) mass is 359 g/mol. The number of hydrogen-bond donors (Lipinski definition) is 0. The van der Waals surface area contributed by atoms with E-state index in [9.17, 15) is 0 Å². The number of thioether (sulfide) groups is 1. The highest BCUT2D eigenvalue weighted by Crippen LogP contribution is 2.45. The lowest BCUT2D eigenvalue weighted by Crippen LogP contribution is -2.33. The first-order valence-electron chi connectivity index (χ1n) is 9.15. The van der Waals surface area contributed by atoms with Gasteiger partial charge in [0.15, 0.2) is 6.20 Å². The molecule has 0 saturated carbocycles. The third kappa shape index (κ3) is 3.15. The van der Waals surface area contributed by atoms with E-state index in [2.05, 4.69) is 102 Å². The van der Waals surface area contributed by atoms with Gasteiger partial charge in [0.1, 0.15) is 6.54 Å². The molecule has 130 valence electrons. The summed E-state index contributed by atoms with van der Waals surface area (Å²) in [5.74, 6) is 0. The average Bonchev–Trinajstić information content (AvgIpc) is 3.04. The van der Waals surface area contributed by atoms with Crippen molar-refractivity contribution in [2.45, 2.75) is 25.3 Å². The fourth-order valence-electron chi connectivity index (χ4n) is 3.43. The van der Waals surface area contributed by atoms with Gasteiger partial charge < -0.3 is 4.90 Å². The molecule has 0 bridgehead atoms. The van der Waals surface area contributed by atoms with Crippen LogP contribution in [-0.4, -0.2) is 6.54 Å². The highest BCUT2D eigenvalue weighted by atomic mass is 32.2. The smallest absolute Gasteiger partial charge is 0.212 e. The molecule has 0 fully saturated rings. The number of anilines is 1. The Kier molecular flexibility index (Phi) is 4.81. The maximum atomic E-state index is 2.37. The van der Waals surface area contributed by atoms with Gasteiger partial charge in [0, 0.05) is 28.5 Å². The summed E-state index contributed by atoms with van der Waals surface area (Å²) in [6.07, 6.45) is 8.81. The molecule has 1 aliphatic heterocycles. The van der Waals surface area contributed by atoms with E-state index in [-0.39, 0.29) is 0 Å². The van der Waals surface area contributed by atoms with Crippen molar-refractivity contribution in [3.63, 3.8) is 0 Å². The van der Waals surface area contributed by atoms with Crippen LogP contribution in [0.2, 0.25) is 0 Å². The molecule has 4 rings (SSSR count). The van der Waals surface area contributed by atoms with Gasteiger partial charge in [-0.05, 0) is 50.3 Å². The Morgan fingerprint density at radius 1 is 1.04 bits per heavy atom. The lowest BCUT2D eigenvalue weighted by atomic mass is 10.1. The highest BCUT2D eigenvalue weighted by Gasteiger charge is 2.22. The Labute approximate surface area is 159 Å². The number of para-hydroxylation sites is 2. The fraction of sp³-hybridized carbons (Fsp3) is 0.174. The summed E-state index contributed by atoms with van der Waals surface area (Å²) in [5, 5.41) is 2.57. The molecule has 0 saturated heterocycles. The van der Waals surface area contributed by atoms with Crippen LogP contribution in [0.4, 0.5) is 5.69 Å². The zero-order valence-electron chi connectivity index (χ0n) is 15.2. The average molecular weight is 360 g/mol. The Hall–Kier alpha value is -2.52. The topological polar surface area (TPSA) is 7.12 Å². The molecule has 0 atom stereocenters. The van der Waals surface area contributed by atoms with Crippen molar-refractivity contribution in [1.29, 1.82) is 0 Å². The second-order valence-corrected chi connectivity index (χ2v) is 7.36. The molecule has 2 heterocycles. The number of pyridine rings is 1. The van der Waals surface area contributed by atoms with E-state index < -0.39 is 0 Å². The maximum Gasteiger partial charge on any atom is 0.212 e. The molecule has 0 spiro atoms. The van der Waals surface area contributed by atoms with Gasteiger partial charge in [0.25, 0.3) is 0 Å². The molecule has 26 heavy (non-hydrogen) atoms. The highest BCUT2D eigenvalue weighted by molar-refractivity contribution is 8.03. The number of nitrogens with zero attached hydrogens (tertiary/aromatic N) is 2. The number of hydrogen-bond acceptors (Lipinski definition) is 2. The predicted octanol–water partition coefficient (Wildman–Crippen LogP) is 5.63. The maximum absolute atomic E-state index is 2.37. The van der Waals surface area contributed by atoms with Crippen molar-refractivity contribution >= 4 is 34.4 Å². The first kappa shape index (κ1) is 16.9. The number of benzene rings is 2. The van der Waals surface area contributed by atoms with Crippen LogP contribution in [0, 0.1) is 0 Å². The number of aryl methyl sites for hydroxylation is 1. The first-order valence-corrected chi connectivity index (χ1v) is 9.97. The van der Waals surface area contributed by atoms with Crippen LogP contribution in [-0.2, 0) is 6.54 Å². The van der Waals surface area contributed by atoms with Crippen LogP contribution in [0.15, 0.2) is 82.9 Å². The lowest BCUT2D eigenvalue weighted by molar-refractivity contribution is -0.667. The van der Waals surface area contributed by atoms with Crippen LogP contribution in [0.5, 0.6) is 0 Å². The van der Waals surface area contributed by atoms with Crippen LogP contribution in [0.3, 0.4) is 0 Å². The van der Waals surface area contributed by atoms with Crippen LogP contribution in [0.1, 0.15) is 19.4 Å². The van der Waals surface area contributed by atoms with Crippen molar-refractivity contribution in [2.24, 2.45) is 0 Å². The minimum atomic E-state index is 0.970. The van der Waals surface area contributed by atoms with Gasteiger partial charge in [0.2, 0.25) is 5.52 Å². The van der Waals surface area contributed by atoms with Crippen molar-refractivity contribution in [3.8, 4) is 0 Å². The molecule has 1 aliphatic rings. The van der Waals surface area contributed by atoms with E-state index in [1.165, 1.54) is 32.1 Å². The summed E-state index contributed by atoms with van der Waals surface area (Å²) < 4.78 is 2.31. The predicted molar refractivity (Wildman–Crippen MR) is 112 cm³/mol. The number of aromatic nitrogens is 1. The van der Waals surface area contributed by atoms with Crippen LogP contribution < -0.4 is 9.47 Å². The summed E-state index contributed by atoms with van der Waals surface area (Å²) in [6.45, 7) is 6.34. The molecule has 0 aliphatic carbocycles. The van der Waals surface area contributed by atoms with Gasteiger partial charge >= 0.3 is 0 Å². The van der Waals surface area contributed by atoms with E-state index >= 15 is 0 Å². The standard InChI is InChI=1S/C23H23N2S/c1-3-24-17-18(16-19-11-5-6-12-20(19)24)10-9-15-23-25(4-2)21-13-7-8-14-22(21)26-23/h5-17H,3-4H2,1-2H3/q+1/b10-9+,23-15+. The van der Waals surface area contributed by atoms with E-state index in [0.29, 0.717) is 0 Å². The van der Waals surface area contributed by atoms with Crippen LogP contribution >= 0.6 is 11.8 Å². The Morgan fingerprint density at radius 2 is 1.85 bits per heavy atom. The summed E-state index contributed by atoms with van der Waals surface area (Å²) in [7, 11) is 0. The summed E-state index contributed by atoms with van der Waals surface area (Å²) >= 11 is 1.84. The van der Waals surface area contributed by atoms with Crippen LogP contribution in [0.25, 0.3) is 17.0 Å². The molecule has 0 amide bonds. The molecule has 3 heteroatoms. The minimum Gasteiger partial charge on any atom is -0.335 e. The Balaban J connectivity index is 1.63. The first-order chi connectivity index (χ1) is 12.8. The summed E-state index contributed by atoms with van der Waals surface area (Å²) in [6, 6.07) is 19.4. The minimum absolute atomic E-state index is 0.970. The van der Waals surface area contributed by atoms with Crippen molar-refractivity contribution in [1.82, 2.24) is 0 Å². The molecule has 1 aromatic heterocycles. The summed E-state index contributed by atoms with van der Waals surface area (Å²) in [4.78, 5) is 3.71. The van der Waals surface area contributed by atoms with Crippen molar-refractivity contribution in [3.05, 3.63) is 83.5 Å². The third-order valence-corrected chi connectivity index (χ3v) is 5.83. The van der Waals surface area contributed by atoms with E-state index in [1.54, 1.807) is 0 Å². The number of fused-ring (bicyclic) bond motifs is 2. The van der Waals surface area contributed by atoms with E-state index in [4.69, 9.17) is 0 Å². The van der Waals surface area contributed by atoms with Gasteiger partial charge in [-0.3, -0.25) is 0 Å². The largest absolute Gasteiger partial charge is 0.335 e. The normalized spacial score (nSPS) is 15.3. The lowest BCUT2D eigenvalue weighted by Gasteiger charge is -2.17. The Morgan fingerprint density at radius 3 is 2.69 bits per heavy atom. The molecule has 0 radical (unpaired) electrons. The second kappa shape index (κ2) is 7.38. The number of rotatable bonds is 4. The van der Waals surface area contributed by atoms with Gasteiger partial charge in [-0.15, -0.1) is 0 Å². The molecule has 3 aromatic rings. The fourth-order valence-corrected chi connectivity index (χ4v) is 4.57. The molecular weight excluding hydrogens is 336 g/mol. The van der Waals surface area contributed by atoms with Gasteiger partial charge in [-0.1, -0.05) is 42.1 Å². The quantitative estimate of drug-likeness (QED) is 0.557. The molecular formula is C23H23N2S+. The van der Waals surface area contributed by atoms with Gasteiger partial charge in [-0.25, -0.2) is 0 Å². The van der Waals surface area contributed by atoms with E-state index in [1.807, 2.05) is 11.8 Å². The van der Waals surface area contributed by atoms with Gasteiger partial charge in [0.05, 0.1) is 10.7 Å². The molecule has 2 nitrogen and oxygen atoms in total.